The van der Waals surface area contributed by atoms with Crippen LogP contribution in [0.3, 0.4) is 0 Å². The molecule has 1 heterocycles. The third-order valence-corrected chi connectivity index (χ3v) is 2.26. The Balaban J connectivity index is 2.52. The first-order valence-corrected chi connectivity index (χ1v) is 5.15. The SMILES string of the molecule is CNC(C)c1nnc(CC(C)COC)o1. The van der Waals surface area contributed by atoms with Crippen LogP contribution in [0, 0.1) is 5.92 Å². The van der Waals surface area contributed by atoms with E-state index in [1.807, 2.05) is 14.0 Å². The van der Waals surface area contributed by atoms with Crippen LogP contribution in [0.5, 0.6) is 0 Å². The zero-order chi connectivity index (χ0) is 11.3. The van der Waals surface area contributed by atoms with Gasteiger partial charge in [0.15, 0.2) is 0 Å². The van der Waals surface area contributed by atoms with E-state index in [2.05, 4.69) is 22.4 Å². The molecule has 86 valence electrons. The molecular formula is C10H19N3O2. The van der Waals surface area contributed by atoms with Gasteiger partial charge in [-0.15, -0.1) is 10.2 Å². The van der Waals surface area contributed by atoms with Gasteiger partial charge in [-0.1, -0.05) is 6.92 Å². The molecule has 1 aromatic heterocycles. The third-order valence-electron chi connectivity index (χ3n) is 2.26. The zero-order valence-corrected chi connectivity index (χ0v) is 9.78. The average Bonchev–Trinajstić information content (AvgIpc) is 2.65. The summed E-state index contributed by atoms with van der Waals surface area (Å²) in [6.45, 7) is 4.78. The predicted octanol–water partition coefficient (Wildman–Crippen LogP) is 1.17. The summed E-state index contributed by atoms with van der Waals surface area (Å²) in [7, 11) is 3.56. The van der Waals surface area contributed by atoms with Crippen LogP contribution in [0.1, 0.15) is 31.7 Å². The van der Waals surface area contributed by atoms with Crippen molar-refractivity contribution in [2.45, 2.75) is 26.3 Å². The Morgan fingerprint density at radius 2 is 2.13 bits per heavy atom. The standard InChI is InChI=1S/C10H19N3O2/c1-7(6-14-4)5-9-12-13-10(15-9)8(2)11-3/h7-8,11H,5-6H2,1-4H3. The summed E-state index contributed by atoms with van der Waals surface area (Å²) in [5.74, 6) is 1.71. The molecule has 2 atom stereocenters. The fourth-order valence-electron chi connectivity index (χ4n) is 1.29. The molecular weight excluding hydrogens is 194 g/mol. The Bertz CT molecular complexity index is 288. The Kier molecular flexibility index (Phi) is 4.71. The molecule has 1 N–H and O–H groups in total. The minimum Gasteiger partial charge on any atom is -0.424 e. The van der Waals surface area contributed by atoms with Gasteiger partial charge in [0.25, 0.3) is 0 Å². The molecule has 0 aromatic carbocycles. The third kappa shape index (κ3) is 3.60. The first-order chi connectivity index (χ1) is 7.17. The summed E-state index contributed by atoms with van der Waals surface area (Å²) in [5.41, 5.74) is 0. The normalized spacial score (nSPS) is 15.2. The van der Waals surface area contributed by atoms with E-state index in [0.29, 0.717) is 24.3 Å². The molecule has 0 saturated carbocycles. The zero-order valence-electron chi connectivity index (χ0n) is 9.78. The monoisotopic (exact) mass is 213 g/mol. The van der Waals surface area contributed by atoms with Gasteiger partial charge >= 0.3 is 0 Å². The molecule has 0 saturated heterocycles. The highest BCUT2D eigenvalue weighted by Gasteiger charge is 2.13. The summed E-state index contributed by atoms with van der Waals surface area (Å²) in [6, 6.07) is 0.101. The fourth-order valence-corrected chi connectivity index (χ4v) is 1.29. The van der Waals surface area contributed by atoms with Gasteiger partial charge in [0.2, 0.25) is 11.8 Å². The second-order valence-corrected chi connectivity index (χ2v) is 3.81. The van der Waals surface area contributed by atoms with E-state index in [1.165, 1.54) is 0 Å². The van der Waals surface area contributed by atoms with Crippen LogP contribution in [-0.4, -0.2) is 31.0 Å². The van der Waals surface area contributed by atoms with Crippen molar-refractivity contribution in [1.29, 1.82) is 0 Å². The molecule has 2 unspecified atom stereocenters. The number of methoxy groups -OCH3 is 1. The molecule has 0 aliphatic rings. The van der Waals surface area contributed by atoms with Crippen LogP contribution in [0.15, 0.2) is 4.42 Å². The van der Waals surface area contributed by atoms with Crippen LogP contribution in [0.2, 0.25) is 0 Å². The maximum absolute atomic E-state index is 5.51. The van der Waals surface area contributed by atoms with Gasteiger partial charge in [-0.2, -0.15) is 0 Å². The molecule has 0 amide bonds. The molecule has 5 heteroatoms. The first kappa shape index (κ1) is 12.1. The largest absolute Gasteiger partial charge is 0.424 e. The minimum absolute atomic E-state index is 0.101. The van der Waals surface area contributed by atoms with Gasteiger partial charge in [0, 0.05) is 20.1 Å². The number of nitrogens with zero attached hydrogens (tertiary/aromatic N) is 2. The van der Waals surface area contributed by atoms with Gasteiger partial charge in [0.05, 0.1) is 6.04 Å². The van der Waals surface area contributed by atoms with Crippen LogP contribution in [-0.2, 0) is 11.2 Å². The lowest BCUT2D eigenvalue weighted by molar-refractivity contribution is 0.156. The van der Waals surface area contributed by atoms with E-state index in [1.54, 1.807) is 7.11 Å². The van der Waals surface area contributed by atoms with Crippen molar-refractivity contribution >= 4 is 0 Å². The summed E-state index contributed by atoms with van der Waals surface area (Å²) < 4.78 is 10.6. The molecule has 0 fully saturated rings. The lowest BCUT2D eigenvalue weighted by Gasteiger charge is -2.06. The van der Waals surface area contributed by atoms with E-state index in [0.717, 1.165) is 6.42 Å². The molecule has 1 aromatic rings. The van der Waals surface area contributed by atoms with Crippen molar-refractivity contribution in [3.8, 4) is 0 Å². The maximum Gasteiger partial charge on any atom is 0.233 e. The highest BCUT2D eigenvalue weighted by atomic mass is 16.5. The summed E-state index contributed by atoms with van der Waals surface area (Å²) >= 11 is 0. The van der Waals surface area contributed by atoms with Crippen LogP contribution < -0.4 is 5.32 Å². The van der Waals surface area contributed by atoms with Crippen LogP contribution in [0.25, 0.3) is 0 Å². The molecule has 0 aliphatic heterocycles. The summed E-state index contributed by atoms with van der Waals surface area (Å²) in [4.78, 5) is 0. The predicted molar refractivity (Wildman–Crippen MR) is 56.5 cm³/mol. The number of hydrogen-bond acceptors (Lipinski definition) is 5. The average molecular weight is 213 g/mol. The quantitative estimate of drug-likeness (QED) is 0.768. The Labute approximate surface area is 90.2 Å². The van der Waals surface area contributed by atoms with Gasteiger partial charge in [0.1, 0.15) is 0 Å². The first-order valence-electron chi connectivity index (χ1n) is 5.15. The molecule has 15 heavy (non-hydrogen) atoms. The number of aromatic nitrogens is 2. The molecule has 1 rings (SSSR count). The number of rotatable bonds is 6. The van der Waals surface area contributed by atoms with Gasteiger partial charge in [-0.25, -0.2) is 0 Å². The van der Waals surface area contributed by atoms with E-state index >= 15 is 0 Å². The molecule has 0 radical (unpaired) electrons. The lowest BCUT2D eigenvalue weighted by Crippen LogP contribution is -2.12. The Morgan fingerprint density at radius 3 is 2.73 bits per heavy atom. The fraction of sp³-hybridized carbons (Fsp3) is 0.800. The van der Waals surface area contributed by atoms with Crippen LogP contribution in [0.4, 0.5) is 0 Å². The smallest absolute Gasteiger partial charge is 0.233 e. The highest BCUT2D eigenvalue weighted by molar-refractivity contribution is 4.88. The van der Waals surface area contributed by atoms with Gasteiger partial charge in [-0.05, 0) is 19.9 Å². The number of hydrogen-bond donors (Lipinski definition) is 1. The summed E-state index contributed by atoms with van der Waals surface area (Å²) in [6.07, 6.45) is 0.761. The van der Waals surface area contributed by atoms with Crippen molar-refractivity contribution < 1.29 is 9.15 Å². The minimum atomic E-state index is 0.101. The number of ether oxygens (including phenoxy) is 1. The second kappa shape index (κ2) is 5.82. The number of nitrogens with one attached hydrogen (secondary N) is 1. The highest BCUT2D eigenvalue weighted by Crippen LogP contribution is 2.12. The van der Waals surface area contributed by atoms with Crippen molar-refractivity contribution in [1.82, 2.24) is 15.5 Å². The summed E-state index contributed by atoms with van der Waals surface area (Å²) in [5, 5.41) is 11.0. The van der Waals surface area contributed by atoms with Crippen LogP contribution >= 0.6 is 0 Å². The molecule has 0 aliphatic carbocycles. The van der Waals surface area contributed by atoms with E-state index in [9.17, 15) is 0 Å². The van der Waals surface area contributed by atoms with Crippen molar-refractivity contribution in [2.75, 3.05) is 20.8 Å². The van der Waals surface area contributed by atoms with E-state index in [4.69, 9.17) is 9.15 Å². The molecule has 0 bridgehead atoms. The van der Waals surface area contributed by atoms with Gasteiger partial charge < -0.3 is 14.5 Å². The topological polar surface area (TPSA) is 60.2 Å². The molecule has 0 spiro atoms. The van der Waals surface area contributed by atoms with Crippen molar-refractivity contribution in [3.05, 3.63) is 11.8 Å². The van der Waals surface area contributed by atoms with E-state index < -0.39 is 0 Å². The van der Waals surface area contributed by atoms with Gasteiger partial charge in [-0.3, -0.25) is 0 Å². The Hall–Kier alpha value is -0.940. The van der Waals surface area contributed by atoms with Crippen molar-refractivity contribution in [3.63, 3.8) is 0 Å². The Morgan fingerprint density at radius 1 is 1.40 bits per heavy atom. The van der Waals surface area contributed by atoms with E-state index in [-0.39, 0.29) is 6.04 Å². The molecule has 5 nitrogen and oxygen atoms in total. The lowest BCUT2D eigenvalue weighted by atomic mass is 10.1. The van der Waals surface area contributed by atoms with Crippen molar-refractivity contribution in [2.24, 2.45) is 5.92 Å². The second-order valence-electron chi connectivity index (χ2n) is 3.81. The maximum atomic E-state index is 5.51.